The Kier molecular flexibility index (Phi) is 5.03. The van der Waals surface area contributed by atoms with Crippen molar-refractivity contribution in [3.8, 4) is 5.75 Å². The van der Waals surface area contributed by atoms with Crippen molar-refractivity contribution in [1.82, 2.24) is 5.32 Å². The lowest BCUT2D eigenvalue weighted by molar-refractivity contribution is -0.888. The third-order valence-electron chi connectivity index (χ3n) is 4.19. The second-order valence-electron chi connectivity index (χ2n) is 6.30. The second kappa shape index (κ2) is 6.79. The number of benzene rings is 2. The lowest BCUT2D eigenvalue weighted by Crippen LogP contribution is -2.41. The largest absolute Gasteiger partial charge is 0.507 e. The topological polar surface area (TPSA) is 49.3 Å². The Bertz CT molecular complexity index is 665. The molecule has 0 aliphatic heterocycles. The molecule has 0 saturated heterocycles. The van der Waals surface area contributed by atoms with Crippen LogP contribution in [0.15, 0.2) is 36.4 Å². The molecule has 118 valence electrons. The van der Waals surface area contributed by atoms with Gasteiger partial charge in [-0.25, -0.2) is 0 Å². The molecule has 0 heterocycles. The van der Waals surface area contributed by atoms with E-state index in [-0.39, 0.29) is 11.7 Å². The van der Waals surface area contributed by atoms with Crippen LogP contribution in [0, 0.1) is 0 Å². The number of aromatic hydroxyl groups is 1. The van der Waals surface area contributed by atoms with Gasteiger partial charge < -0.3 is 14.9 Å². The number of nitrogens with zero attached hydrogens (tertiary/aromatic N) is 1. The van der Waals surface area contributed by atoms with Crippen LogP contribution >= 0.6 is 0 Å². The van der Waals surface area contributed by atoms with Gasteiger partial charge in [0.25, 0.3) is 5.91 Å². The number of fused-ring (bicyclic) bond motifs is 1. The molecule has 0 unspecified atom stereocenters. The fourth-order valence-electron chi connectivity index (χ4n) is 2.37. The summed E-state index contributed by atoms with van der Waals surface area (Å²) in [6.45, 7) is 4.86. The smallest absolute Gasteiger partial charge is 0.255 e. The third kappa shape index (κ3) is 3.98. The van der Waals surface area contributed by atoms with E-state index in [2.05, 4.69) is 26.3 Å². The molecule has 0 aliphatic rings. The number of phenolic OH excluding ortho intramolecular Hbond substituents is 1. The van der Waals surface area contributed by atoms with Crippen LogP contribution in [0.5, 0.6) is 5.75 Å². The van der Waals surface area contributed by atoms with Crippen molar-refractivity contribution in [3.05, 3.63) is 42.0 Å². The maximum Gasteiger partial charge on any atom is 0.255 e. The zero-order chi connectivity index (χ0) is 16.2. The number of carbonyl (C=O) groups excluding carboxylic acids is 1. The Morgan fingerprint density at radius 2 is 1.82 bits per heavy atom. The van der Waals surface area contributed by atoms with Gasteiger partial charge in [-0.2, -0.15) is 0 Å². The molecule has 0 aliphatic carbocycles. The molecule has 4 nitrogen and oxygen atoms in total. The summed E-state index contributed by atoms with van der Waals surface area (Å²) in [6, 6.07) is 11.1. The molecule has 0 saturated carbocycles. The summed E-state index contributed by atoms with van der Waals surface area (Å²) in [7, 11) is 4.36. The van der Waals surface area contributed by atoms with E-state index in [1.807, 2.05) is 24.3 Å². The van der Waals surface area contributed by atoms with Crippen molar-refractivity contribution in [2.24, 2.45) is 0 Å². The number of nitrogens with one attached hydrogen (secondary N) is 1. The highest BCUT2D eigenvalue weighted by molar-refractivity contribution is 6.01. The first kappa shape index (κ1) is 16.3. The third-order valence-corrected chi connectivity index (χ3v) is 4.19. The van der Waals surface area contributed by atoms with Gasteiger partial charge in [-0.05, 0) is 29.8 Å². The fourth-order valence-corrected chi connectivity index (χ4v) is 2.37. The Hall–Kier alpha value is -2.07. The molecule has 0 atom stereocenters. The number of rotatable bonds is 6. The van der Waals surface area contributed by atoms with Gasteiger partial charge in [0.1, 0.15) is 5.75 Å². The summed E-state index contributed by atoms with van der Waals surface area (Å²) in [5.41, 5.74) is 0.336. The van der Waals surface area contributed by atoms with Crippen LogP contribution in [0.3, 0.4) is 0 Å². The van der Waals surface area contributed by atoms with E-state index < -0.39 is 0 Å². The molecule has 22 heavy (non-hydrogen) atoms. The number of quaternary nitrogens is 1. The zero-order valence-corrected chi connectivity index (χ0v) is 13.6. The monoisotopic (exact) mass is 301 g/mol. The summed E-state index contributed by atoms with van der Waals surface area (Å²) in [5.74, 6) is -0.189. The summed E-state index contributed by atoms with van der Waals surface area (Å²) in [4.78, 5) is 12.2. The normalized spacial score (nSPS) is 11.6. The molecule has 0 fully saturated rings. The fraction of sp³-hybridized carbons (Fsp3) is 0.389. The number of phenols is 1. The van der Waals surface area contributed by atoms with Gasteiger partial charge >= 0.3 is 0 Å². The molecule has 0 spiro atoms. The first-order valence-corrected chi connectivity index (χ1v) is 7.75. The maximum absolute atomic E-state index is 12.2. The average molecular weight is 301 g/mol. The second-order valence-corrected chi connectivity index (χ2v) is 6.30. The Morgan fingerprint density at radius 3 is 2.45 bits per heavy atom. The van der Waals surface area contributed by atoms with Crippen molar-refractivity contribution < 1.29 is 14.4 Å². The molecular weight excluding hydrogens is 276 g/mol. The zero-order valence-electron chi connectivity index (χ0n) is 13.6. The molecule has 4 heteroatoms. The van der Waals surface area contributed by atoms with Crippen LogP contribution in [0.25, 0.3) is 10.8 Å². The molecular formula is C18H25N2O2+. The predicted octanol–water partition coefficient (Wildman–Crippen LogP) is 2.76. The van der Waals surface area contributed by atoms with Gasteiger partial charge in [0.05, 0.1) is 32.7 Å². The highest BCUT2D eigenvalue weighted by Crippen LogP contribution is 2.24. The average Bonchev–Trinajstić information content (AvgIpc) is 2.50. The van der Waals surface area contributed by atoms with Crippen LogP contribution in [-0.2, 0) is 0 Å². The Morgan fingerprint density at radius 1 is 1.18 bits per heavy atom. The lowest BCUT2D eigenvalue weighted by atomic mass is 10.1. The van der Waals surface area contributed by atoms with Gasteiger partial charge in [0.15, 0.2) is 0 Å². The van der Waals surface area contributed by atoms with E-state index in [0.717, 1.165) is 34.8 Å². The SMILES string of the molecule is CC[N+](C)(C)CCCNC(=O)c1cc2ccccc2cc1O. The molecule has 0 aromatic heterocycles. The van der Waals surface area contributed by atoms with Crippen LogP contribution < -0.4 is 5.32 Å². The van der Waals surface area contributed by atoms with Crippen LogP contribution in [0.1, 0.15) is 23.7 Å². The van der Waals surface area contributed by atoms with E-state index >= 15 is 0 Å². The summed E-state index contributed by atoms with van der Waals surface area (Å²) < 4.78 is 0.942. The van der Waals surface area contributed by atoms with Gasteiger partial charge in [0.2, 0.25) is 0 Å². The molecule has 2 rings (SSSR count). The van der Waals surface area contributed by atoms with Crippen LogP contribution in [0.2, 0.25) is 0 Å². The van der Waals surface area contributed by atoms with E-state index in [0.29, 0.717) is 12.1 Å². The first-order chi connectivity index (χ1) is 10.4. The van der Waals surface area contributed by atoms with Crippen molar-refractivity contribution in [3.63, 3.8) is 0 Å². The molecule has 1 amide bonds. The van der Waals surface area contributed by atoms with Crippen LogP contribution in [-0.4, -0.2) is 49.2 Å². The highest BCUT2D eigenvalue weighted by Gasteiger charge is 2.14. The number of carbonyl (C=O) groups is 1. The van der Waals surface area contributed by atoms with Gasteiger partial charge in [-0.3, -0.25) is 4.79 Å². The van der Waals surface area contributed by atoms with Crippen molar-refractivity contribution in [2.75, 3.05) is 33.7 Å². The lowest BCUT2D eigenvalue weighted by Gasteiger charge is -2.28. The number of hydrogen-bond acceptors (Lipinski definition) is 2. The maximum atomic E-state index is 12.2. The summed E-state index contributed by atoms with van der Waals surface area (Å²) in [5, 5.41) is 14.8. The molecule has 2 aromatic carbocycles. The summed E-state index contributed by atoms with van der Waals surface area (Å²) >= 11 is 0. The van der Waals surface area contributed by atoms with Gasteiger partial charge in [0, 0.05) is 13.0 Å². The highest BCUT2D eigenvalue weighted by atomic mass is 16.3. The Balaban J connectivity index is 1.99. The van der Waals surface area contributed by atoms with Gasteiger partial charge in [-0.15, -0.1) is 0 Å². The van der Waals surface area contributed by atoms with Crippen LogP contribution in [0.4, 0.5) is 0 Å². The number of hydrogen-bond donors (Lipinski definition) is 2. The molecule has 2 N–H and O–H groups in total. The van der Waals surface area contributed by atoms with E-state index in [1.54, 1.807) is 12.1 Å². The minimum absolute atomic E-state index is 0.0286. The Labute approximate surface area is 132 Å². The van der Waals surface area contributed by atoms with Crippen molar-refractivity contribution in [1.29, 1.82) is 0 Å². The van der Waals surface area contributed by atoms with E-state index in [1.165, 1.54) is 0 Å². The quantitative estimate of drug-likeness (QED) is 0.637. The van der Waals surface area contributed by atoms with Gasteiger partial charge in [-0.1, -0.05) is 24.3 Å². The van der Waals surface area contributed by atoms with E-state index in [4.69, 9.17) is 0 Å². The minimum atomic E-state index is -0.218. The van der Waals surface area contributed by atoms with Crippen molar-refractivity contribution >= 4 is 16.7 Å². The standard InChI is InChI=1S/C18H24N2O2/c1-4-20(2,3)11-7-10-19-18(22)16-12-14-8-5-6-9-15(14)13-17(16)21/h5-6,8-9,12-13H,4,7,10-11H2,1-3H3,(H-,19,21,22)/p+1. The van der Waals surface area contributed by atoms with Crippen molar-refractivity contribution in [2.45, 2.75) is 13.3 Å². The van der Waals surface area contributed by atoms with E-state index in [9.17, 15) is 9.90 Å². The molecule has 0 radical (unpaired) electrons. The summed E-state index contributed by atoms with van der Waals surface area (Å²) in [6.07, 6.45) is 0.918. The first-order valence-electron chi connectivity index (χ1n) is 7.75. The number of amides is 1. The predicted molar refractivity (Wildman–Crippen MR) is 90.1 cm³/mol. The molecule has 2 aromatic rings. The molecule has 0 bridgehead atoms. The minimum Gasteiger partial charge on any atom is -0.507 e.